The predicted molar refractivity (Wildman–Crippen MR) is 117 cm³/mol. The number of pyridine rings is 2. The zero-order valence-corrected chi connectivity index (χ0v) is 18.3. The number of likely N-dealkylation sites (tertiary alicyclic amines) is 1. The average molecular weight is 459 g/mol. The molecule has 174 valence electrons. The maximum Gasteiger partial charge on any atom is 0.417 e. The molecule has 1 saturated heterocycles. The van der Waals surface area contributed by atoms with Crippen LogP contribution >= 0.6 is 0 Å². The Hall–Kier alpha value is -3.36. The van der Waals surface area contributed by atoms with Crippen molar-refractivity contribution in [1.29, 1.82) is 0 Å². The van der Waals surface area contributed by atoms with Gasteiger partial charge in [-0.15, -0.1) is 0 Å². The highest BCUT2D eigenvalue weighted by atomic mass is 19.4. The highest BCUT2D eigenvalue weighted by Gasteiger charge is 2.35. The summed E-state index contributed by atoms with van der Waals surface area (Å²) in [7, 11) is 1.56. The van der Waals surface area contributed by atoms with E-state index in [4.69, 9.17) is 4.74 Å². The number of carbonyl (C=O) groups is 1. The first-order valence-corrected chi connectivity index (χ1v) is 10.7. The molecule has 6 nitrogen and oxygen atoms in total. The Labute approximate surface area is 188 Å². The number of alkyl halides is 3. The van der Waals surface area contributed by atoms with Crippen molar-refractivity contribution < 1.29 is 22.7 Å². The molecule has 3 aromatic rings. The maximum absolute atomic E-state index is 13.5. The molecule has 1 aromatic carbocycles. The van der Waals surface area contributed by atoms with Crippen molar-refractivity contribution in [1.82, 2.24) is 14.9 Å². The molecule has 0 aliphatic carbocycles. The van der Waals surface area contributed by atoms with Gasteiger partial charge < -0.3 is 14.6 Å². The quantitative estimate of drug-likeness (QED) is 0.634. The van der Waals surface area contributed by atoms with Gasteiger partial charge in [-0.3, -0.25) is 14.6 Å². The molecule has 33 heavy (non-hydrogen) atoms. The smallest absolute Gasteiger partial charge is 0.417 e. The molecule has 1 N–H and O–H groups in total. The third-order valence-corrected chi connectivity index (χ3v) is 5.96. The van der Waals surface area contributed by atoms with Gasteiger partial charge in [-0.25, -0.2) is 0 Å². The first-order chi connectivity index (χ1) is 15.7. The van der Waals surface area contributed by atoms with E-state index in [0.717, 1.165) is 18.1 Å². The molecule has 1 unspecified atom stereocenters. The third-order valence-electron chi connectivity index (χ3n) is 5.96. The second kappa shape index (κ2) is 8.88. The standard InChI is InChI=1S/C24H24F3N3O3/c1-14-9-18(24(25,26)27)22-20(28-14)12-19(29-23(22)32)16-6-4-8-30(13-16)21(31)11-15-5-3-7-17(10-15)33-2/h3,5,7,9-10,12,16H,4,6,8,11,13H2,1-2H3,(H,29,32). The summed E-state index contributed by atoms with van der Waals surface area (Å²) in [6.45, 7) is 2.43. The van der Waals surface area contributed by atoms with Crippen molar-refractivity contribution in [3.8, 4) is 5.75 Å². The van der Waals surface area contributed by atoms with Crippen molar-refractivity contribution >= 4 is 16.8 Å². The summed E-state index contributed by atoms with van der Waals surface area (Å²) in [6.07, 6.45) is -3.01. The summed E-state index contributed by atoms with van der Waals surface area (Å²) in [5.41, 5.74) is -0.276. The number of amides is 1. The number of carbonyl (C=O) groups excluding carboxylic acids is 1. The SMILES string of the molecule is COc1cccc(CC(=O)N2CCCC(c3cc4nc(C)cc(C(F)(F)F)c4c(=O)[nH]3)C2)c1. The molecule has 1 atom stereocenters. The van der Waals surface area contributed by atoms with Gasteiger partial charge in [-0.05, 0) is 49.6 Å². The van der Waals surface area contributed by atoms with E-state index >= 15 is 0 Å². The number of hydrogen-bond donors (Lipinski definition) is 1. The third kappa shape index (κ3) is 4.86. The van der Waals surface area contributed by atoms with E-state index in [1.807, 2.05) is 18.2 Å². The van der Waals surface area contributed by atoms with Crippen LogP contribution in [0, 0.1) is 6.92 Å². The predicted octanol–water partition coefficient (Wildman–Crippen LogP) is 4.21. The minimum absolute atomic E-state index is 0.0147. The first-order valence-electron chi connectivity index (χ1n) is 10.7. The number of fused-ring (bicyclic) bond motifs is 1. The fraction of sp³-hybridized carbons (Fsp3) is 0.375. The van der Waals surface area contributed by atoms with Gasteiger partial charge in [0.15, 0.2) is 0 Å². The number of aryl methyl sites for hydroxylation is 1. The highest BCUT2D eigenvalue weighted by Crippen LogP contribution is 2.34. The lowest BCUT2D eigenvalue weighted by atomic mass is 9.93. The zero-order valence-electron chi connectivity index (χ0n) is 18.3. The number of H-pyrrole nitrogens is 1. The van der Waals surface area contributed by atoms with Gasteiger partial charge in [0, 0.05) is 30.4 Å². The van der Waals surface area contributed by atoms with Crippen LogP contribution in [0.5, 0.6) is 5.75 Å². The van der Waals surface area contributed by atoms with Crippen molar-refractivity contribution in [2.45, 2.75) is 38.3 Å². The number of aromatic nitrogens is 2. The Morgan fingerprint density at radius 1 is 1.27 bits per heavy atom. The minimum Gasteiger partial charge on any atom is -0.497 e. The highest BCUT2D eigenvalue weighted by molar-refractivity contribution is 5.82. The molecular weight excluding hydrogens is 435 g/mol. The van der Waals surface area contributed by atoms with E-state index in [-0.39, 0.29) is 29.5 Å². The second-order valence-electron chi connectivity index (χ2n) is 8.33. The Morgan fingerprint density at radius 2 is 2.06 bits per heavy atom. The summed E-state index contributed by atoms with van der Waals surface area (Å²) in [6, 6.07) is 9.70. The molecule has 1 aliphatic heterocycles. The van der Waals surface area contributed by atoms with Crippen molar-refractivity contribution in [2.75, 3.05) is 20.2 Å². The Morgan fingerprint density at radius 3 is 2.79 bits per heavy atom. The molecule has 2 aromatic heterocycles. The molecule has 1 amide bonds. The maximum atomic E-state index is 13.5. The van der Waals surface area contributed by atoms with Crippen LogP contribution in [0.25, 0.3) is 10.9 Å². The fourth-order valence-electron chi connectivity index (χ4n) is 4.39. The Bertz CT molecular complexity index is 1250. The summed E-state index contributed by atoms with van der Waals surface area (Å²) in [5, 5.41) is -0.460. The van der Waals surface area contributed by atoms with Crippen LogP contribution < -0.4 is 10.3 Å². The van der Waals surface area contributed by atoms with Crippen molar-refractivity contribution in [2.24, 2.45) is 0 Å². The molecule has 0 saturated carbocycles. The number of benzene rings is 1. The largest absolute Gasteiger partial charge is 0.497 e. The molecule has 0 spiro atoms. The summed E-state index contributed by atoms with van der Waals surface area (Å²) in [4.78, 5) is 34.1. The van der Waals surface area contributed by atoms with Gasteiger partial charge in [-0.2, -0.15) is 13.2 Å². The number of ether oxygens (including phenoxy) is 1. The second-order valence-corrected chi connectivity index (χ2v) is 8.33. The van der Waals surface area contributed by atoms with Crippen LogP contribution in [0.4, 0.5) is 13.2 Å². The normalized spacial score (nSPS) is 16.8. The lowest BCUT2D eigenvalue weighted by Gasteiger charge is -2.33. The van der Waals surface area contributed by atoms with Gasteiger partial charge in [-0.1, -0.05) is 12.1 Å². The van der Waals surface area contributed by atoms with Gasteiger partial charge in [0.2, 0.25) is 5.91 Å². The fourth-order valence-corrected chi connectivity index (χ4v) is 4.39. The number of hydrogen-bond acceptors (Lipinski definition) is 4. The molecule has 3 heterocycles. The number of rotatable bonds is 4. The number of piperidine rings is 1. The van der Waals surface area contributed by atoms with Crippen LogP contribution in [0.15, 0.2) is 41.2 Å². The molecule has 9 heteroatoms. The molecular formula is C24H24F3N3O3. The number of aromatic amines is 1. The summed E-state index contributed by atoms with van der Waals surface area (Å²) >= 11 is 0. The first kappa shape index (κ1) is 22.8. The van der Waals surface area contributed by atoms with Crippen LogP contribution in [0.2, 0.25) is 0 Å². The van der Waals surface area contributed by atoms with Gasteiger partial charge in [0.25, 0.3) is 5.56 Å². The van der Waals surface area contributed by atoms with E-state index in [0.29, 0.717) is 31.0 Å². The van der Waals surface area contributed by atoms with Crippen molar-refractivity contribution in [3.05, 3.63) is 69.3 Å². The van der Waals surface area contributed by atoms with Crippen LogP contribution in [-0.4, -0.2) is 41.0 Å². The number of halogens is 3. The number of nitrogens with zero attached hydrogens (tertiary/aromatic N) is 2. The molecule has 4 rings (SSSR count). The van der Waals surface area contributed by atoms with Gasteiger partial charge in [0.05, 0.1) is 30.0 Å². The Balaban J connectivity index is 1.59. The van der Waals surface area contributed by atoms with Crippen LogP contribution in [-0.2, 0) is 17.4 Å². The van der Waals surface area contributed by atoms with E-state index in [1.54, 1.807) is 18.1 Å². The van der Waals surface area contributed by atoms with Gasteiger partial charge in [0.1, 0.15) is 5.75 Å². The van der Waals surface area contributed by atoms with Crippen LogP contribution in [0.1, 0.15) is 41.3 Å². The molecule has 1 aliphatic rings. The zero-order chi connectivity index (χ0) is 23.8. The molecule has 1 fully saturated rings. The topological polar surface area (TPSA) is 75.3 Å². The lowest BCUT2D eigenvalue weighted by molar-refractivity contribution is -0.136. The van der Waals surface area contributed by atoms with Crippen LogP contribution in [0.3, 0.4) is 0 Å². The molecule has 0 radical (unpaired) electrons. The monoisotopic (exact) mass is 459 g/mol. The number of nitrogens with one attached hydrogen (secondary N) is 1. The van der Waals surface area contributed by atoms with Crippen molar-refractivity contribution in [3.63, 3.8) is 0 Å². The van der Waals surface area contributed by atoms with Gasteiger partial charge >= 0.3 is 6.18 Å². The summed E-state index contributed by atoms with van der Waals surface area (Å²) < 4.78 is 45.6. The average Bonchev–Trinajstić information content (AvgIpc) is 2.77. The van der Waals surface area contributed by atoms with E-state index in [9.17, 15) is 22.8 Å². The van der Waals surface area contributed by atoms with E-state index < -0.39 is 22.7 Å². The van der Waals surface area contributed by atoms with E-state index in [2.05, 4.69) is 9.97 Å². The number of methoxy groups -OCH3 is 1. The Kier molecular flexibility index (Phi) is 6.14. The molecule has 0 bridgehead atoms. The lowest BCUT2D eigenvalue weighted by Crippen LogP contribution is -2.40. The van der Waals surface area contributed by atoms with E-state index in [1.165, 1.54) is 13.0 Å². The summed E-state index contributed by atoms with van der Waals surface area (Å²) in [5.74, 6) is 0.428. The minimum atomic E-state index is -4.66.